The number of benzene rings is 1. The van der Waals surface area contributed by atoms with Gasteiger partial charge in [0.25, 0.3) is 5.91 Å². The SMILES string of the molecule is Cc1cccc(C(=O)N2CCSc3ccc(N)cc32)n1. The van der Waals surface area contributed by atoms with Crippen LogP contribution >= 0.6 is 11.8 Å². The third-order valence-electron chi connectivity index (χ3n) is 3.20. The number of amides is 1. The van der Waals surface area contributed by atoms with Crippen molar-refractivity contribution in [2.45, 2.75) is 11.8 Å². The number of thioether (sulfide) groups is 1. The monoisotopic (exact) mass is 285 g/mol. The first-order valence-corrected chi connectivity index (χ1v) is 7.41. The molecule has 0 bridgehead atoms. The molecule has 1 aliphatic rings. The molecule has 2 heterocycles. The summed E-state index contributed by atoms with van der Waals surface area (Å²) in [7, 11) is 0. The van der Waals surface area contributed by atoms with Gasteiger partial charge in [0.2, 0.25) is 0 Å². The van der Waals surface area contributed by atoms with E-state index in [0.29, 0.717) is 17.9 Å². The van der Waals surface area contributed by atoms with Crippen molar-refractivity contribution >= 4 is 29.0 Å². The van der Waals surface area contributed by atoms with E-state index in [1.165, 1.54) is 0 Å². The quantitative estimate of drug-likeness (QED) is 0.818. The second kappa shape index (κ2) is 5.17. The lowest BCUT2D eigenvalue weighted by molar-refractivity contribution is 0.0983. The van der Waals surface area contributed by atoms with Gasteiger partial charge in [0, 0.05) is 28.6 Å². The number of anilines is 2. The summed E-state index contributed by atoms with van der Waals surface area (Å²) < 4.78 is 0. The Bertz CT molecular complexity index is 672. The van der Waals surface area contributed by atoms with Crippen molar-refractivity contribution in [1.82, 2.24) is 4.98 Å². The zero-order valence-electron chi connectivity index (χ0n) is 11.2. The number of hydrogen-bond acceptors (Lipinski definition) is 4. The fourth-order valence-corrected chi connectivity index (χ4v) is 3.22. The molecule has 1 aromatic carbocycles. The molecule has 3 rings (SSSR count). The third-order valence-corrected chi connectivity index (χ3v) is 4.24. The van der Waals surface area contributed by atoms with Gasteiger partial charge >= 0.3 is 0 Å². The van der Waals surface area contributed by atoms with Crippen molar-refractivity contribution in [3.05, 3.63) is 47.8 Å². The molecule has 2 N–H and O–H groups in total. The number of pyridine rings is 1. The number of carbonyl (C=O) groups excluding carboxylic acids is 1. The number of aromatic nitrogens is 1. The van der Waals surface area contributed by atoms with Crippen LogP contribution in [0.5, 0.6) is 0 Å². The van der Waals surface area contributed by atoms with E-state index < -0.39 is 0 Å². The van der Waals surface area contributed by atoms with Crippen LogP contribution in [0.3, 0.4) is 0 Å². The highest BCUT2D eigenvalue weighted by atomic mass is 32.2. The van der Waals surface area contributed by atoms with Crippen molar-refractivity contribution in [3.63, 3.8) is 0 Å². The highest BCUT2D eigenvalue weighted by Crippen LogP contribution is 2.36. The zero-order chi connectivity index (χ0) is 14.1. The first-order chi connectivity index (χ1) is 9.65. The molecule has 1 aromatic heterocycles. The summed E-state index contributed by atoms with van der Waals surface area (Å²) in [6, 6.07) is 11.2. The van der Waals surface area contributed by atoms with Crippen LogP contribution in [-0.4, -0.2) is 23.2 Å². The molecule has 1 aliphatic heterocycles. The van der Waals surface area contributed by atoms with E-state index in [4.69, 9.17) is 5.73 Å². The topological polar surface area (TPSA) is 59.2 Å². The molecule has 20 heavy (non-hydrogen) atoms. The van der Waals surface area contributed by atoms with Crippen LogP contribution in [0.2, 0.25) is 0 Å². The largest absolute Gasteiger partial charge is 0.399 e. The summed E-state index contributed by atoms with van der Waals surface area (Å²) in [4.78, 5) is 19.8. The number of hydrogen-bond donors (Lipinski definition) is 1. The van der Waals surface area contributed by atoms with Crippen LogP contribution < -0.4 is 10.6 Å². The van der Waals surface area contributed by atoms with Gasteiger partial charge < -0.3 is 10.6 Å². The van der Waals surface area contributed by atoms with E-state index in [-0.39, 0.29) is 5.91 Å². The molecule has 5 heteroatoms. The van der Waals surface area contributed by atoms with Crippen LogP contribution in [0.15, 0.2) is 41.3 Å². The predicted octanol–water partition coefficient (Wildman–Crippen LogP) is 2.72. The maximum absolute atomic E-state index is 12.6. The summed E-state index contributed by atoms with van der Waals surface area (Å²) in [6.07, 6.45) is 0. The molecule has 102 valence electrons. The second-order valence-electron chi connectivity index (χ2n) is 4.70. The predicted molar refractivity (Wildman–Crippen MR) is 82.2 cm³/mol. The molecule has 0 unspecified atom stereocenters. The number of nitrogens with two attached hydrogens (primary N) is 1. The van der Waals surface area contributed by atoms with Crippen molar-refractivity contribution < 1.29 is 4.79 Å². The molecule has 0 aliphatic carbocycles. The minimum absolute atomic E-state index is 0.0687. The molecule has 0 atom stereocenters. The Labute approximate surface area is 122 Å². The summed E-state index contributed by atoms with van der Waals surface area (Å²) in [5.74, 6) is 0.815. The molecule has 0 saturated heterocycles. The highest BCUT2D eigenvalue weighted by molar-refractivity contribution is 7.99. The van der Waals surface area contributed by atoms with Gasteiger partial charge in [0.15, 0.2) is 0 Å². The summed E-state index contributed by atoms with van der Waals surface area (Å²) >= 11 is 1.75. The lowest BCUT2D eigenvalue weighted by Gasteiger charge is -2.29. The highest BCUT2D eigenvalue weighted by Gasteiger charge is 2.25. The first kappa shape index (κ1) is 13.0. The van der Waals surface area contributed by atoms with Crippen LogP contribution in [0.25, 0.3) is 0 Å². The van der Waals surface area contributed by atoms with Gasteiger partial charge in [-0.2, -0.15) is 0 Å². The normalized spacial score (nSPS) is 13.9. The number of nitrogen functional groups attached to an aromatic ring is 1. The molecular weight excluding hydrogens is 270 g/mol. The maximum atomic E-state index is 12.6. The van der Waals surface area contributed by atoms with Gasteiger partial charge in [0.05, 0.1) is 5.69 Å². The minimum Gasteiger partial charge on any atom is -0.399 e. The number of carbonyl (C=O) groups is 1. The van der Waals surface area contributed by atoms with Crippen molar-refractivity contribution in [2.24, 2.45) is 0 Å². The van der Waals surface area contributed by atoms with Gasteiger partial charge in [-0.15, -0.1) is 11.8 Å². The van der Waals surface area contributed by atoms with Gasteiger partial charge in [0.1, 0.15) is 5.69 Å². The Hall–Kier alpha value is -2.01. The lowest BCUT2D eigenvalue weighted by atomic mass is 10.2. The molecule has 0 spiro atoms. The van der Waals surface area contributed by atoms with Crippen LogP contribution in [-0.2, 0) is 0 Å². The Morgan fingerprint density at radius 3 is 3.00 bits per heavy atom. The van der Waals surface area contributed by atoms with E-state index >= 15 is 0 Å². The van der Waals surface area contributed by atoms with E-state index in [1.54, 1.807) is 22.7 Å². The molecule has 4 nitrogen and oxygen atoms in total. The lowest BCUT2D eigenvalue weighted by Crippen LogP contribution is -2.36. The molecule has 0 radical (unpaired) electrons. The van der Waals surface area contributed by atoms with E-state index in [0.717, 1.165) is 22.0 Å². The Balaban J connectivity index is 2.00. The average molecular weight is 285 g/mol. The molecule has 0 fully saturated rings. The third kappa shape index (κ3) is 2.36. The summed E-state index contributed by atoms with van der Waals surface area (Å²) in [5, 5.41) is 0. The van der Waals surface area contributed by atoms with Gasteiger partial charge in [-0.3, -0.25) is 4.79 Å². The minimum atomic E-state index is -0.0687. The van der Waals surface area contributed by atoms with Crippen LogP contribution in [0, 0.1) is 6.92 Å². The Kier molecular flexibility index (Phi) is 3.36. The van der Waals surface area contributed by atoms with Gasteiger partial charge in [-0.05, 0) is 37.3 Å². The first-order valence-electron chi connectivity index (χ1n) is 6.43. The number of nitrogens with zero attached hydrogens (tertiary/aromatic N) is 2. The van der Waals surface area contributed by atoms with Crippen molar-refractivity contribution in [1.29, 1.82) is 0 Å². The fraction of sp³-hybridized carbons (Fsp3) is 0.200. The summed E-state index contributed by atoms with van der Waals surface area (Å²) in [5.41, 5.74) is 8.72. The second-order valence-corrected chi connectivity index (χ2v) is 5.83. The van der Waals surface area contributed by atoms with Gasteiger partial charge in [-0.25, -0.2) is 4.98 Å². The maximum Gasteiger partial charge on any atom is 0.276 e. The average Bonchev–Trinajstić information content (AvgIpc) is 2.46. The Morgan fingerprint density at radius 1 is 1.35 bits per heavy atom. The van der Waals surface area contributed by atoms with Crippen LogP contribution in [0.1, 0.15) is 16.2 Å². The Morgan fingerprint density at radius 2 is 2.20 bits per heavy atom. The summed E-state index contributed by atoms with van der Waals surface area (Å²) in [6.45, 7) is 2.56. The molecular formula is C15H15N3OS. The molecule has 1 amide bonds. The van der Waals surface area contributed by atoms with E-state index in [2.05, 4.69) is 4.98 Å². The number of rotatable bonds is 1. The van der Waals surface area contributed by atoms with Crippen molar-refractivity contribution in [2.75, 3.05) is 22.9 Å². The van der Waals surface area contributed by atoms with Crippen LogP contribution in [0.4, 0.5) is 11.4 Å². The molecule has 0 saturated carbocycles. The standard InChI is InChI=1S/C15H15N3OS/c1-10-3-2-4-12(17-10)15(19)18-7-8-20-14-6-5-11(16)9-13(14)18/h2-6,9H,7-8,16H2,1H3. The number of aryl methyl sites for hydroxylation is 1. The fourth-order valence-electron chi connectivity index (χ4n) is 2.25. The van der Waals surface area contributed by atoms with E-state index in [1.807, 2.05) is 37.3 Å². The molecule has 2 aromatic rings. The zero-order valence-corrected chi connectivity index (χ0v) is 12.0. The van der Waals surface area contributed by atoms with Crippen molar-refractivity contribution in [3.8, 4) is 0 Å². The van der Waals surface area contributed by atoms with E-state index in [9.17, 15) is 4.79 Å². The number of fused-ring (bicyclic) bond motifs is 1. The van der Waals surface area contributed by atoms with Gasteiger partial charge in [-0.1, -0.05) is 6.07 Å². The smallest absolute Gasteiger partial charge is 0.276 e.